The van der Waals surface area contributed by atoms with Crippen LogP contribution in [0.3, 0.4) is 0 Å². The molecule has 7 heteroatoms. The minimum atomic E-state index is -0.227. The van der Waals surface area contributed by atoms with Gasteiger partial charge in [0.25, 0.3) is 5.91 Å². The Balaban J connectivity index is 1.43. The third-order valence-corrected chi connectivity index (χ3v) is 4.00. The molecular weight excluding hydrogens is 344 g/mol. The van der Waals surface area contributed by atoms with Crippen molar-refractivity contribution in [3.63, 3.8) is 0 Å². The largest absolute Gasteiger partial charge is 0.486 e. The van der Waals surface area contributed by atoms with Crippen molar-refractivity contribution in [1.29, 1.82) is 0 Å². The molecule has 0 unspecified atom stereocenters. The predicted octanol–water partition coefficient (Wildman–Crippen LogP) is 3.11. The highest BCUT2D eigenvalue weighted by molar-refractivity contribution is 6.04. The minimum absolute atomic E-state index is 0.227. The van der Waals surface area contributed by atoms with Crippen molar-refractivity contribution in [2.24, 2.45) is 0 Å². The lowest BCUT2D eigenvalue weighted by atomic mass is 10.2. The Kier molecular flexibility index (Phi) is 4.82. The summed E-state index contributed by atoms with van der Waals surface area (Å²) in [6.45, 7) is 1.56. The van der Waals surface area contributed by atoms with Crippen LogP contribution in [0.15, 0.2) is 60.9 Å². The zero-order chi connectivity index (χ0) is 18.5. The second kappa shape index (κ2) is 7.74. The number of pyridine rings is 2. The lowest BCUT2D eigenvalue weighted by Crippen LogP contribution is -2.16. The van der Waals surface area contributed by atoms with Crippen LogP contribution in [0.5, 0.6) is 11.5 Å². The Labute approximate surface area is 156 Å². The normalized spacial score (nSPS) is 12.3. The number of anilines is 2. The third kappa shape index (κ3) is 4.14. The lowest BCUT2D eigenvalue weighted by molar-refractivity contribution is 0.102. The molecule has 2 aromatic heterocycles. The molecule has 0 bridgehead atoms. The standard InChI is InChI=1S/C20H18N4O3/c25-20(24-15-4-5-17-18(12-15)27-10-9-26-17)14-6-8-22-19(11-14)23-13-16-3-1-2-7-21-16/h1-8,11-12H,9-10,13H2,(H,22,23)(H,24,25). The van der Waals surface area contributed by atoms with Gasteiger partial charge in [0.2, 0.25) is 0 Å². The zero-order valence-corrected chi connectivity index (χ0v) is 14.5. The summed E-state index contributed by atoms with van der Waals surface area (Å²) >= 11 is 0. The maximum Gasteiger partial charge on any atom is 0.255 e. The number of fused-ring (bicyclic) bond motifs is 1. The maximum absolute atomic E-state index is 12.6. The van der Waals surface area contributed by atoms with E-state index in [1.165, 1.54) is 0 Å². The van der Waals surface area contributed by atoms with E-state index in [1.54, 1.807) is 42.7 Å². The zero-order valence-electron chi connectivity index (χ0n) is 14.5. The quantitative estimate of drug-likeness (QED) is 0.725. The Morgan fingerprint density at radius 1 is 0.963 bits per heavy atom. The summed E-state index contributed by atoms with van der Waals surface area (Å²) in [7, 11) is 0. The van der Waals surface area contributed by atoms with E-state index in [9.17, 15) is 4.79 Å². The van der Waals surface area contributed by atoms with Gasteiger partial charge in [-0.25, -0.2) is 4.98 Å². The molecule has 0 aliphatic carbocycles. The van der Waals surface area contributed by atoms with Crippen molar-refractivity contribution in [3.8, 4) is 11.5 Å². The number of hydrogen-bond donors (Lipinski definition) is 2. The van der Waals surface area contributed by atoms with E-state index in [1.807, 2.05) is 18.2 Å². The van der Waals surface area contributed by atoms with Gasteiger partial charge in [0.15, 0.2) is 11.5 Å². The lowest BCUT2D eigenvalue weighted by Gasteiger charge is -2.19. The van der Waals surface area contributed by atoms with Crippen LogP contribution in [0.1, 0.15) is 16.1 Å². The third-order valence-electron chi connectivity index (χ3n) is 4.00. The van der Waals surface area contributed by atoms with E-state index in [4.69, 9.17) is 9.47 Å². The van der Waals surface area contributed by atoms with Crippen molar-refractivity contribution in [3.05, 3.63) is 72.2 Å². The summed E-state index contributed by atoms with van der Waals surface area (Å²) in [5.41, 5.74) is 2.04. The van der Waals surface area contributed by atoms with Gasteiger partial charge in [-0.3, -0.25) is 9.78 Å². The van der Waals surface area contributed by atoms with Crippen LogP contribution in [-0.2, 0) is 6.54 Å². The van der Waals surface area contributed by atoms with Gasteiger partial charge in [-0.15, -0.1) is 0 Å². The van der Waals surface area contributed by atoms with Crippen molar-refractivity contribution in [2.45, 2.75) is 6.54 Å². The average Bonchev–Trinajstić information content (AvgIpc) is 2.73. The number of nitrogens with zero attached hydrogens (tertiary/aromatic N) is 2. The molecule has 1 aromatic carbocycles. The summed E-state index contributed by atoms with van der Waals surface area (Å²) in [6.07, 6.45) is 3.33. The number of carbonyl (C=O) groups is 1. The number of hydrogen-bond acceptors (Lipinski definition) is 6. The fraction of sp³-hybridized carbons (Fsp3) is 0.150. The number of nitrogens with one attached hydrogen (secondary N) is 2. The van der Waals surface area contributed by atoms with Crippen molar-refractivity contribution < 1.29 is 14.3 Å². The van der Waals surface area contributed by atoms with Crippen LogP contribution >= 0.6 is 0 Å². The van der Waals surface area contributed by atoms with E-state index in [-0.39, 0.29) is 5.91 Å². The van der Waals surface area contributed by atoms with Crippen LogP contribution in [0, 0.1) is 0 Å². The van der Waals surface area contributed by atoms with Crippen LogP contribution < -0.4 is 20.1 Å². The Morgan fingerprint density at radius 3 is 2.70 bits per heavy atom. The second-order valence-corrected chi connectivity index (χ2v) is 5.92. The van der Waals surface area contributed by atoms with E-state index < -0.39 is 0 Å². The van der Waals surface area contributed by atoms with E-state index in [0.29, 0.717) is 48.3 Å². The molecule has 0 fully saturated rings. The molecule has 0 spiro atoms. The monoisotopic (exact) mass is 362 g/mol. The maximum atomic E-state index is 12.6. The number of aromatic nitrogens is 2. The minimum Gasteiger partial charge on any atom is -0.486 e. The Hall–Kier alpha value is -3.61. The van der Waals surface area contributed by atoms with Gasteiger partial charge in [0, 0.05) is 29.7 Å². The molecule has 27 heavy (non-hydrogen) atoms. The van der Waals surface area contributed by atoms with Gasteiger partial charge in [-0.1, -0.05) is 6.07 Å². The van der Waals surface area contributed by atoms with Gasteiger partial charge < -0.3 is 20.1 Å². The van der Waals surface area contributed by atoms with Gasteiger partial charge in [0.1, 0.15) is 19.0 Å². The number of carbonyl (C=O) groups excluding carboxylic acids is 1. The molecule has 0 saturated heterocycles. The molecule has 0 saturated carbocycles. The Morgan fingerprint density at radius 2 is 1.85 bits per heavy atom. The second-order valence-electron chi connectivity index (χ2n) is 5.92. The average molecular weight is 362 g/mol. The fourth-order valence-electron chi connectivity index (χ4n) is 2.68. The van der Waals surface area contributed by atoms with Crippen molar-refractivity contribution in [2.75, 3.05) is 23.8 Å². The molecule has 0 radical (unpaired) electrons. The number of benzene rings is 1. The summed E-state index contributed by atoms with van der Waals surface area (Å²) < 4.78 is 11.0. The van der Waals surface area contributed by atoms with Gasteiger partial charge in [-0.2, -0.15) is 0 Å². The molecule has 1 aliphatic heterocycles. The summed E-state index contributed by atoms with van der Waals surface area (Å²) in [6, 6.07) is 14.4. The predicted molar refractivity (Wildman–Crippen MR) is 101 cm³/mol. The first-order chi connectivity index (χ1) is 13.3. The molecule has 3 aromatic rings. The van der Waals surface area contributed by atoms with Gasteiger partial charge in [0.05, 0.1) is 12.2 Å². The first kappa shape index (κ1) is 16.8. The summed E-state index contributed by atoms with van der Waals surface area (Å²) in [5, 5.41) is 6.04. The molecule has 0 atom stereocenters. The summed E-state index contributed by atoms with van der Waals surface area (Å²) in [5.74, 6) is 1.70. The van der Waals surface area contributed by atoms with Crippen LogP contribution in [0.4, 0.5) is 11.5 Å². The Bertz CT molecular complexity index is 947. The highest BCUT2D eigenvalue weighted by atomic mass is 16.6. The topological polar surface area (TPSA) is 85.4 Å². The molecule has 1 aliphatic rings. The number of amides is 1. The molecule has 7 nitrogen and oxygen atoms in total. The number of rotatable bonds is 5. The summed E-state index contributed by atoms with van der Waals surface area (Å²) in [4.78, 5) is 21.1. The molecular formula is C20H18N4O3. The van der Waals surface area contributed by atoms with E-state index in [0.717, 1.165) is 5.69 Å². The van der Waals surface area contributed by atoms with Crippen LogP contribution in [0.2, 0.25) is 0 Å². The first-order valence-corrected chi connectivity index (χ1v) is 8.59. The fourth-order valence-corrected chi connectivity index (χ4v) is 2.68. The molecule has 1 amide bonds. The SMILES string of the molecule is O=C(Nc1ccc2c(c1)OCCO2)c1ccnc(NCc2ccccn2)c1. The highest BCUT2D eigenvalue weighted by Gasteiger charge is 2.13. The molecule has 4 rings (SSSR count). The smallest absolute Gasteiger partial charge is 0.255 e. The highest BCUT2D eigenvalue weighted by Crippen LogP contribution is 2.32. The first-order valence-electron chi connectivity index (χ1n) is 8.59. The number of ether oxygens (including phenoxy) is 2. The molecule has 2 N–H and O–H groups in total. The van der Waals surface area contributed by atoms with Crippen LogP contribution in [0.25, 0.3) is 0 Å². The van der Waals surface area contributed by atoms with E-state index >= 15 is 0 Å². The van der Waals surface area contributed by atoms with Crippen LogP contribution in [-0.4, -0.2) is 29.1 Å². The van der Waals surface area contributed by atoms with Crippen molar-refractivity contribution in [1.82, 2.24) is 9.97 Å². The molecule has 3 heterocycles. The van der Waals surface area contributed by atoms with E-state index in [2.05, 4.69) is 20.6 Å². The van der Waals surface area contributed by atoms with Gasteiger partial charge in [-0.05, 0) is 36.4 Å². The van der Waals surface area contributed by atoms with Crippen molar-refractivity contribution >= 4 is 17.4 Å². The van der Waals surface area contributed by atoms with Gasteiger partial charge >= 0.3 is 0 Å². The molecule has 136 valence electrons.